The second-order valence-electron chi connectivity index (χ2n) is 6.08. The van der Waals surface area contributed by atoms with Crippen molar-refractivity contribution in [2.24, 2.45) is 0 Å². The van der Waals surface area contributed by atoms with E-state index >= 15 is 0 Å². The molecule has 0 aliphatic heterocycles. The summed E-state index contributed by atoms with van der Waals surface area (Å²) in [6.07, 6.45) is 9.34. The molecule has 0 aromatic heterocycles. The number of ether oxygens (including phenoxy) is 1. The fraction of sp³-hybridized carbons (Fsp3) is 0.318. The molecule has 0 spiro atoms. The molecule has 1 N–H and O–H groups in total. The summed E-state index contributed by atoms with van der Waals surface area (Å²) in [5.41, 5.74) is 1.50. The second-order valence-corrected chi connectivity index (χ2v) is 6.08. The molecule has 0 amide bonds. The minimum atomic E-state index is -0.0563. The quantitative estimate of drug-likeness (QED) is 0.346. The Morgan fingerprint density at radius 1 is 0.960 bits per heavy atom. The Morgan fingerprint density at radius 3 is 2.32 bits per heavy atom. The van der Waals surface area contributed by atoms with Gasteiger partial charge < -0.3 is 9.84 Å². The highest BCUT2D eigenvalue weighted by Gasteiger charge is 2.02. The first kappa shape index (κ1) is 18.8. The molecule has 0 fully saturated rings. The van der Waals surface area contributed by atoms with Crippen LogP contribution >= 0.6 is 0 Å². The third-order valence-corrected chi connectivity index (χ3v) is 3.98. The molecule has 3 nitrogen and oxygen atoms in total. The number of hydrogen-bond acceptors (Lipinski definition) is 3. The zero-order valence-electron chi connectivity index (χ0n) is 14.8. The largest absolute Gasteiger partial charge is 0.508 e. The van der Waals surface area contributed by atoms with E-state index in [0.29, 0.717) is 5.56 Å². The van der Waals surface area contributed by atoms with Crippen LogP contribution in [0.25, 0.3) is 6.08 Å². The fourth-order valence-corrected chi connectivity index (χ4v) is 2.46. The van der Waals surface area contributed by atoms with Crippen molar-refractivity contribution in [3.8, 4) is 11.5 Å². The molecule has 0 aliphatic rings. The molecule has 0 radical (unpaired) electrons. The number of phenols is 1. The molecule has 25 heavy (non-hydrogen) atoms. The van der Waals surface area contributed by atoms with Crippen LogP contribution in [0.4, 0.5) is 0 Å². The molecule has 0 saturated carbocycles. The Kier molecular flexibility index (Phi) is 7.77. The summed E-state index contributed by atoms with van der Waals surface area (Å²) < 4.78 is 5.71. The van der Waals surface area contributed by atoms with Crippen molar-refractivity contribution < 1.29 is 14.6 Å². The number of carbonyl (C=O) groups is 1. The maximum Gasteiger partial charge on any atom is 0.185 e. The van der Waals surface area contributed by atoms with Crippen molar-refractivity contribution in [3.63, 3.8) is 0 Å². The average Bonchev–Trinajstić information content (AvgIpc) is 2.64. The van der Waals surface area contributed by atoms with Gasteiger partial charge in [0.1, 0.15) is 11.5 Å². The van der Waals surface area contributed by atoms with Crippen LogP contribution in [0.15, 0.2) is 54.6 Å². The normalized spacial score (nSPS) is 10.9. The minimum Gasteiger partial charge on any atom is -0.508 e. The summed E-state index contributed by atoms with van der Waals surface area (Å²) in [6.45, 7) is 2.93. The molecule has 0 bridgehead atoms. The van der Waals surface area contributed by atoms with Gasteiger partial charge >= 0.3 is 0 Å². The number of carbonyl (C=O) groups excluding carboxylic acids is 1. The number of allylic oxidation sites excluding steroid dienone is 1. The summed E-state index contributed by atoms with van der Waals surface area (Å²) in [7, 11) is 0. The van der Waals surface area contributed by atoms with Crippen LogP contribution in [0, 0.1) is 0 Å². The molecule has 3 heteroatoms. The molecule has 0 aliphatic carbocycles. The zero-order valence-corrected chi connectivity index (χ0v) is 14.8. The van der Waals surface area contributed by atoms with E-state index < -0.39 is 0 Å². The summed E-state index contributed by atoms with van der Waals surface area (Å²) in [5.74, 6) is 0.957. The summed E-state index contributed by atoms with van der Waals surface area (Å²) >= 11 is 0. The summed E-state index contributed by atoms with van der Waals surface area (Å²) in [4.78, 5) is 12.2. The van der Waals surface area contributed by atoms with Gasteiger partial charge in [0.05, 0.1) is 6.61 Å². The molecule has 0 saturated heterocycles. The number of benzene rings is 2. The number of aromatic hydroxyl groups is 1. The van der Waals surface area contributed by atoms with E-state index in [-0.39, 0.29) is 11.5 Å². The Bertz CT molecular complexity index is 669. The Hall–Kier alpha value is -2.55. The van der Waals surface area contributed by atoms with E-state index in [2.05, 4.69) is 6.92 Å². The van der Waals surface area contributed by atoms with Crippen molar-refractivity contribution in [3.05, 3.63) is 65.7 Å². The molecule has 2 rings (SSSR count). The number of unbranched alkanes of at least 4 members (excludes halogenated alkanes) is 4. The summed E-state index contributed by atoms with van der Waals surface area (Å²) in [6, 6.07) is 14.0. The zero-order chi connectivity index (χ0) is 17.9. The lowest BCUT2D eigenvalue weighted by Crippen LogP contribution is -1.98. The minimum absolute atomic E-state index is 0.0563. The van der Waals surface area contributed by atoms with Crippen molar-refractivity contribution in [2.75, 3.05) is 6.61 Å². The topological polar surface area (TPSA) is 46.5 Å². The third-order valence-electron chi connectivity index (χ3n) is 3.98. The van der Waals surface area contributed by atoms with Crippen LogP contribution in [0.3, 0.4) is 0 Å². The van der Waals surface area contributed by atoms with Gasteiger partial charge in [0, 0.05) is 5.56 Å². The van der Waals surface area contributed by atoms with Crippen molar-refractivity contribution in [1.82, 2.24) is 0 Å². The lowest BCUT2D eigenvalue weighted by Gasteiger charge is -2.06. The third kappa shape index (κ3) is 6.84. The van der Waals surface area contributed by atoms with Gasteiger partial charge in [0.15, 0.2) is 5.78 Å². The standard InChI is InChI=1S/C22H26O3/c1-2-3-4-5-6-17-25-21-14-10-19(11-15-21)22(24)16-9-18-7-12-20(23)13-8-18/h7-16,23H,2-6,17H2,1H3/b16-9+. The van der Waals surface area contributed by atoms with Crippen LogP contribution in [0.5, 0.6) is 11.5 Å². The van der Waals surface area contributed by atoms with Gasteiger partial charge in [-0.1, -0.05) is 50.8 Å². The summed E-state index contributed by atoms with van der Waals surface area (Å²) in [5, 5.41) is 9.25. The first-order valence-corrected chi connectivity index (χ1v) is 8.93. The van der Waals surface area contributed by atoms with Gasteiger partial charge in [-0.3, -0.25) is 4.79 Å². The van der Waals surface area contributed by atoms with Crippen molar-refractivity contribution in [1.29, 1.82) is 0 Å². The van der Waals surface area contributed by atoms with E-state index in [9.17, 15) is 9.90 Å². The predicted octanol–water partition coefficient (Wildman–Crippen LogP) is 5.64. The Balaban J connectivity index is 1.80. The number of phenolic OH excluding ortho intramolecular Hbond substituents is 1. The Labute approximate surface area is 150 Å². The van der Waals surface area contributed by atoms with E-state index in [4.69, 9.17) is 4.74 Å². The van der Waals surface area contributed by atoms with Gasteiger partial charge in [0.25, 0.3) is 0 Å². The highest BCUT2D eigenvalue weighted by molar-refractivity contribution is 6.06. The maximum absolute atomic E-state index is 12.2. The smallest absolute Gasteiger partial charge is 0.185 e. The fourth-order valence-electron chi connectivity index (χ4n) is 2.46. The number of ketones is 1. The SMILES string of the molecule is CCCCCCCOc1ccc(C(=O)/C=C/c2ccc(O)cc2)cc1. The molecule has 2 aromatic rings. The highest BCUT2D eigenvalue weighted by Crippen LogP contribution is 2.15. The van der Waals surface area contributed by atoms with E-state index in [1.165, 1.54) is 31.8 Å². The van der Waals surface area contributed by atoms with Crippen molar-refractivity contribution in [2.45, 2.75) is 39.0 Å². The lowest BCUT2D eigenvalue weighted by atomic mass is 10.1. The van der Waals surface area contributed by atoms with E-state index in [1.54, 1.807) is 42.5 Å². The number of hydrogen-bond donors (Lipinski definition) is 1. The second kappa shape index (κ2) is 10.3. The van der Waals surface area contributed by atoms with Crippen LogP contribution in [0.1, 0.15) is 54.9 Å². The van der Waals surface area contributed by atoms with Gasteiger partial charge in [-0.15, -0.1) is 0 Å². The molecule has 132 valence electrons. The lowest BCUT2D eigenvalue weighted by molar-refractivity contribution is 0.104. The number of rotatable bonds is 10. The maximum atomic E-state index is 12.2. The Morgan fingerprint density at radius 2 is 1.64 bits per heavy atom. The van der Waals surface area contributed by atoms with Crippen LogP contribution < -0.4 is 4.74 Å². The predicted molar refractivity (Wildman–Crippen MR) is 102 cm³/mol. The molecular weight excluding hydrogens is 312 g/mol. The molecule has 0 unspecified atom stereocenters. The molecule has 0 atom stereocenters. The van der Waals surface area contributed by atoms with E-state index in [0.717, 1.165) is 24.3 Å². The average molecular weight is 338 g/mol. The van der Waals surface area contributed by atoms with Gasteiger partial charge in [-0.05, 0) is 54.5 Å². The molecule has 2 aromatic carbocycles. The van der Waals surface area contributed by atoms with Gasteiger partial charge in [-0.2, -0.15) is 0 Å². The first-order chi connectivity index (χ1) is 12.2. The van der Waals surface area contributed by atoms with Crippen LogP contribution in [0.2, 0.25) is 0 Å². The monoisotopic (exact) mass is 338 g/mol. The first-order valence-electron chi connectivity index (χ1n) is 8.93. The van der Waals surface area contributed by atoms with Crippen LogP contribution in [-0.4, -0.2) is 17.5 Å². The van der Waals surface area contributed by atoms with Crippen molar-refractivity contribution >= 4 is 11.9 Å². The van der Waals surface area contributed by atoms with Gasteiger partial charge in [0.2, 0.25) is 0 Å². The molecular formula is C22H26O3. The van der Waals surface area contributed by atoms with Gasteiger partial charge in [-0.25, -0.2) is 0 Å². The highest BCUT2D eigenvalue weighted by atomic mass is 16.5. The van der Waals surface area contributed by atoms with E-state index in [1.807, 2.05) is 12.1 Å². The van der Waals surface area contributed by atoms with Crippen LogP contribution in [-0.2, 0) is 0 Å². The molecule has 0 heterocycles.